The first-order valence-electron chi connectivity index (χ1n) is 6.86. The maximum atomic E-state index is 12.6. The monoisotopic (exact) mass is 323 g/mol. The molecule has 0 unspecified atom stereocenters. The molecule has 0 aliphatic carbocycles. The van der Waals surface area contributed by atoms with Crippen LogP contribution in [0, 0.1) is 0 Å². The van der Waals surface area contributed by atoms with Gasteiger partial charge in [-0.1, -0.05) is 30.3 Å². The van der Waals surface area contributed by atoms with E-state index in [2.05, 4.69) is 4.98 Å². The summed E-state index contributed by atoms with van der Waals surface area (Å²) in [5, 5.41) is 0. The molecule has 0 aliphatic heterocycles. The van der Waals surface area contributed by atoms with Crippen LogP contribution in [0.25, 0.3) is 5.57 Å². The van der Waals surface area contributed by atoms with Crippen molar-refractivity contribution < 1.29 is 22.6 Å². The van der Waals surface area contributed by atoms with E-state index in [0.29, 0.717) is 0 Å². The molecule has 1 aromatic carbocycles. The Hall–Kier alpha value is -2.50. The van der Waals surface area contributed by atoms with Gasteiger partial charge in [-0.3, -0.25) is 0 Å². The fourth-order valence-electron chi connectivity index (χ4n) is 2.08. The van der Waals surface area contributed by atoms with Crippen molar-refractivity contribution in [3.05, 3.63) is 65.5 Å². The van der Waals surface area contributed by atoms with Crippen LogP contribution in [0.5, 0.6) is 5.88 Å². The lowest BCUT2D eigenvalue weighted by Gasteiger charge is -2.12. The first kappa shape index (κ1) is 16.9. The van der Waals surface area contributed by atoms with Crippen LogP contribution < -0.4 is 4.74 Å². The zero-order chi connectivity index (χ0) is 16.9. The molecule has 0 bridgehead atoms. The predicted molar refractivity (Wildman–Crippen MR) is 80.7 cm³/mol. The number of hydrogen-bond donors (Lipinski definition) is 0. The summed E-state index contributed by atoms with van der Waals surface area (Å²) < 4.78 is 48.3. The molecule has 0 atom stereocenters. The lowest BCUT2D eigenvalue weighted by atomic mass is 10.0. The second kappa shape index (κ2) is 7.17. The van der Waals surface area contributed by atoms with E-state index in [1.165, 1.54) is 12.1 Å². The van der Waals surface area contributed by atoms with Gasteiger partial charge >= 0.3 is 6.18 Å². The molecule has 1 heterocycles. The minimum Gasteiger partial charge on any atom is -0.504 e. The van der Waals surface area contributed by atoms with Gasteiger partial charge in [0.05, 0.1) is 13.4 Å². The second-order valence-corrected chi connectivity index (χ2v) is 4.84. The zero-order valence-corrected chi connectivity index (χ0v) is 12.7. The molecule has 2 rings (SSSR count). The molecule has 0 saturated heterocycles. The smallest absolute Gasteiger partial charge is 0.433 e. The van der Waals surface area contributed by atoms with Crippen LogP contribution in [0.2, 0.25) is 0 Å². The second-order valence-electron chi connectivity index (χ2n) is 4.84. The number of methoxy groups -OCH3 is 1. The van der Waals surface area contributed by atoms with Gasteiger partial charge in [0.2, 0.25) is 5.88 Å². The molecule has 3 nitrogen and oxygen atoms in total. The van der Waals surface area contributed by atoms with E-state index in [0.717, 1.165) is 22.8 Å². The first-order chi connectivity index (χ1) is 10.9. The Morgan fingerprint density at radius 1 is 1.13 bits per heavy atom. The van der Waals surface area contributed by atoms with Crippen LogP contribution in [0.1, 0.15) is 23.7 Å². The molecule has 23 heavy (non-hydrogen) atoms. The maximum Gasteiger partial charge on any atom is 0.433 e. The van der Waals surface area contributed by atoms with Crippen LogP contribution in [-0.4, -0.2) is 12.1 Å². The van der Waals surface area contributed by atoms with E-state index in [-0.39, 0.29) is 12.5 Å². The summed E-state index contributed by atoms with van der Waals surface area (Å²) in [5.41, 5.74) is 1.65. The van der Waals surface area contributed by atoms with Crippen LogP contribution in [0.3, 0.4) is 0 Å². The molecule has 2 aromatic rings. The largest absolute Gasteiger partial charge is 0.504 e. The summed E-state index contributed by atoms with van der Waals surface area (Å²) in [6, 6.07) is 11.0. The highest BCUT2D eigenvalue weighted by Gasteiger charge is 2.32. The van der Waals surface area contributed by atoms with Gasteiger partial charge in [-0.05, 0) is 29.7 Å². The topological polar surface area (TPSA) is 31.4 Å². The number of benzene rings is 1. The van der Waals surface area contributed by atoms with Crippen molar-refractivity contribution >= 4 is 5.57 Å². The molecule has 1 aromatic heterocycles. The number of allylic oxidation sites excluding steroid dienone is 1. The molecule has 0 N–H and O–H groups in total. The van der Waals surface area contributed by atoms with Gasteiger partial charge in [-0.2, -0.15) is 13.2 Å². The average molecular weight is 323 g/mol. The van der Waals surface area contributed by atoms with Gasteiger partial charge in [-0.25, -0.2) is 4.98 Å². The summed E-state index contributed by atoms with van der Waals surface area (Å²) in [6.45, 7) is 1.99. The van der Waals surface area contributed by atoms with Crippen molar-refractivity contribution in [3.8, 4) is 5.88 Å². The van der Waals surface area contributed by atoms with Gasteiger partial charge < -0.3 is 9.47 Å². The van der Waals surface area contributed by atoms with Gasteiger partial charge in [0.1, 0.15) is 12.3 Å². The SMILES string of the molecule is CO/C=C(/C)c1ccccc1COc1cccc(C(F)(F)F)n1. The number of alkyl halides is 3. The molecule has 0 amide bonds. The van der Waals surface area contributed by atoms with E-state index >= 15 is 0 Å². The number of nitrogens with zero attached hydrogens (tertiary/aromatic N) is 1. The summed E-state index contributed by atoms with van der Waals surface area (Å²) in [4.78, 5) is 3.48. The fourth-order valence-corrected chi connectivity index (χ4v) is 2.08. The van der Waals surface area contributed by atoms with E-state index in [9.17, 15) is 13.2 Å². The molecule has 6 heteroatoms. The normalized spacial score (nSPS) is 12.1. The molecular formula is C17H16F3NO2. The Morgan fingerprint density at radius 3 is 2.57 bits per heavy atom. The number of aromatic nitrogens is 1. The van der Waals surface area contributed by atoms with Crippen LogP contribution in [0.4, 0.5) is 13.2 Å². The highest BCUT2D eigenvalue weighted by molar-refractivity contribution is 5.65. The standard InChI is InChI=1S/C17H16F3NO2/c1-12(10-22-2)14-7-4-3-6-13(14)11-23-16-9-5-8-15(21-16)17(18,19)20/h3-10H,11H2,1-2H3/b12-10-. The minimum absolute atomic E-state index is 0.0667. The average Bonchev–Trinajstić information content (AvgIpc) is 2.53. The summed E-state index contributed by atoms with van der Waals surface area (Å²) in [6.07, 6.45) is -2.89. The van der Waals surface area contributed by atoms with Crippen LogP contribution >= 0.6 is 0 Å². The van der Waals surface area contributed by atoms with Crippen molar-refractivity contribution in [1.82, 2.24) is 4.98 Å². The number of pyridine rings is 1. The molecule has 0 radical (unpaired) electrons. The molecule has 0 fully saturated rings. The Bertz CT molecular complexity index is 696. The number of halogens is 3. The lowest BCUT2D eigenvalue weighted by Crippen LogP contribution is -2.09. The molecular weight excluding hydrogens is 307 g/mol. The van der Waals surface area contributed by atoms with Crippen molar-refractivity contribution in [2.24, 2.45) is 0 Å². The third-order valence-electron chi connectivity index (χ3n) is 3.13. The van der Waals surface area contributed by atoms with Crippen molar-refractivity contribution in [1.29, 1.82) is 0 Å². The van der Waals surface area contributed by atoms with Crippen LogP contribution in [0.15, 0.2) is 48.7 Å². The first-order valence-corrected chi connectivity index (χ1v) is 6.86. The van der Waals surface area contributed by atoms with Crippen molar-refractivity contribution in [2.75, 3.05) is 7.11 Å². The Labute approximate surface area is 132 Å². The third-order valence-corrected chi connectivity index (χ3v) is 3.13. The van der Waals surface area contributed by atoms with E-state index in [1.54, 1.807) is 13.4 Å². The maximum absolute atomic E-state index is 12.6. The molecule has 0 aliphatic rings. The predicted octanol–water partition coefficient (Wildman–Crippen LogP) is 4.69. The molecule has 122 valence electrons. The number of hydrogen-bond acceptors (Lipinski definition) is 3. The quantitative estimate of drug-likeness (QED) is 0.748. The summed E-state index contributed by atoms with van der Waals surface area (Å²) in [7, 11) is 1.55. The van der Waals surface area contributed by atoms with Crippen molar-refractivity contribution in [2.45, 2.75) is 19.7 Å². The van der Waals surface area contributed by atoms with Gasteiger partial charge in [0.15, 0.2) is 0 Å². The van der Waals surface area contributed by atoms with Gasteiger partial charge in [-0.15, -0.1) is 0 Å². The number of ether oxygens (including phenoxy) is 2. The van der Waals surface area contributed by atoms with Crippen molar-refractivity contribution in [3.63, 3.8) is 0 Å². The summed E-state index contributed by atoms with van der Waals surface area (Å²) in [5.74, 6) is -0.0667. The van der Waals surface area contributed by atoms with Gasteiger partial charge in [0, 0.05) is 6.07 Å². The minimum atomic E-state index is -4.49. The zero-order valence-electron chi connectivity index (χ0n) is 12.7. The molecule has 0 saturated carbocycles. The molecule has 0 spiro atoms. The summed E-state index contributed by atoms with van der Waals surface area (Å²) >= 11 is 0. The van der Waals surface area contributed by atoms with E-state index < -0.39 is 11.9 Å². The van der Waals surface area contributed by atoms with Crippen LogP contribution in [-0.2, 0) is 17.5 Å². The van der Waals surface area contributed by atoms with E-state index in [4.69, 9.17) is 9.47 Å². The van der Waals surface area contributed by atoms with E-state index in [1.807, 2.05) is 31.2 Å². The highest BCUT2D eigenvalue weighted by Crippen LogP contribution is 2.29. The third kappa shape index (κ3) is 4.48. The Morgan fingerprint density at radius 2 is 1.87 bits per heavy atom. The Balaban J connectivity index is 2.18. The fraction of sp³-hybridized carbons (Fsp3) is 0.235. The highest BCUT2D eigenvalue weighted by atomic mass is 19.4. The number of rotatable bonds is 5. The Kier molecular flexibility index (Phi) is 5.26. The lowest BCUT2D eigenvalue weighted by molar-refractivity contribution is -0.141. The van der Waals surface area contributed by atoms with Gasteiger partial charge in [0.25, 0.3) is 0 Å².